The first kappa shape index (κ1) is 18.4. The number of carbonyl (C=O) groups excluding carboxylic acids is 1. The predicted octanol–water partition coefficient (Wildman–Crippen LogP) is 3.57. The minimum Gasteiger partial charge on any atom is -0.372 e. The van der Waals surface area contributed by atoms with E-state index in [0.717, 1.165) is 42.9 Å². The van der Waals surface area contributed by atoms with E-state index in [2.05, 4.69) is 35.1 Å². The van der Waals surface area contributed by atoms with Crippen LogP contribution >= 0.6 is 11.3 Å². The minimum absolute atomic E-state index is 0.0364. The zero-order valence-corrected chi connectivity index (χ0v) is 16.8. The summed E-state index contributed by atoms with van der Waals surface area (Å²) in [6, 6.07) is 4.09. The molecule has 2 atom stereocenters. The maximum atomic E-state index is 12.6. The number of carbonyl (C=O) groups is 1. The Morgan fingerprint density at radius 3 is 2.78 bits per heavy atom. The third kappa shape index (κ3) is 4.17. The first-order chi connectivity index (χ1) is 13.1. The van der Waals surface area contributed by atoms with Crippen LogP contribution in [0.5, 0.6) is 0 Å². The normalized spacial score (nSPS) is 22.4. The van der Waals surface area contributed by atoms with Crippen molar-refractivity contribution in [1.29, 1.82) is 0 Å². The molecular formula is C21H27N3O2S. The Morgan fingerprint density at radius 1 is 1.26 bits per heavy atom. The van der Waals surface area contributed by atoms with Crippen LogP contribution in [0.15, 0.2) is 23.7 Å². The molecule has 144 valence electrons. The van der Waals surface area contributed by atoms with Gasteiger partial charge in [-0.3, -0.25) is 4.79 Å². The Bertz CT molecular complexity index is 792. The summed E-state index contributed by atoms with van der Waals surface area (Å²) >= 11 is 1.73. The molecule has 1 fully saturated rings. The Morgan fingerprint density at radius 2 is 2.04 bits per heavy atom. The summed E-state index contributed by atoms with van der Waals surface area (Å²) in [7, 11) is 0. The van der Waals surface area contributed by atoms with Gasteiger partial charge < -0.3 is 15.0 Å². The van der Waals surface area contributed by atoms with E-state index in [1.54, 1.807) is 11.3 Å². The molecule has 3 heterocycles. The van der Waals surface area contributed by atoms with E-state index < -0.39 is 0 Å². The van der Waals surface area contributed by atoms with Gasteiger partial charge in [0.2, 0.25) is 0 Å². The molecule has 27 heavy (non-hydrogen) atoms. The number of morpholine rings is 1. The maximum absolute atomic E-state index is 12.6. The summed E-state index contributed by atoms with van der Waals surface area (Å²) < 4.78 is 5.79. The van der Waals surface area contributed by atoms with E-state index >= 15 is 0 Å². The molecule has 5 nitrogen and oxygen atoms in total. The highest BCUT2D eigenvalue weighted by Crippen LogP contribution is 2.30. The number of nitrogens with one attached hydrogen (secondary N) is 1. The lowest BCUT2D eigenvalue weighted by Crippen LogP contribution is -2.45. The lowest BCUT2D eigenvalue weighted by Gasteiger charge is -2.36. The molecule has 2 aromatic heterocycles. The summed E-state index contributed by atoms with van der Waals surface area (Å²) in [4.78, 5) is 20.9. The van der Waals surface area contributed by atoms with Crippen molar-refractivity contribution in [2.24, 2.45) is 0 Å². The van der Waals surface area contributed by atoms with Gasteiger partial charge in [0.05, 0.1) is 17.8 Å². The fourth-order valence-electron chi connectivity index (χ4n) is 4.04. The number of anilines is 1. The zero-order chi connectivity index (χ0) is 18.8. The van der Waals surface area contributed by atoms with Crippen LogP contribution in [0.25, 0.3) is 0 Å². The van der Waals surface area contributed by atoms with E-state index in [1.165, 1.54) is 23.3 Å². The molecule has 1 aliphatic heterocycles. The second-order valence-corrected chi connectivity index (χ2v) is 8.59. The molecule has 0 saturated carbocycles. The van der Waals surface area contributed by atoms with Crippen molar-refractivity contribution < 1.29 is 9.53 Å². The van der Waals surface area contributed by atoms with Crippen LogP contribution < -0.4 is 10.2 Å². The van der Waals surface area contributed by atoms with Gasteiger partial charge in [0, 0.05) is 36.1 Å². The number of pyridine rings is 1. The van der Waals surface area contributed by atoms with Crippen LogP contribution in [-0.4, -0.2) is 36.2 Å². The van der Waals surface area contributed by atoms with Gasteiger partial charge in [0.15, 0.2) is 0 Å². The molecule has 1 amide bonds. The molecular weight excluding hydrogens is 358 g/mol. The Labute approximate surface area is 164 Å². The van der Waals surface area contributed by atoms with E-state index in [0.29, 0.717) is 6.54 Å². The van der Waals surface area contributed by atoms with Gasteiger partial charge in [-0.25, -0.2) is 4.98 Å². The Kier molecular flexibility index (Phi) is 5.45. The van der Waals surface area contributed by atoms with Gasteiger partial charge in [-0.1, -0.05) is 6.07 Å². The number of nitrogens with zero attached hydrogens (tertiary/aromatic N) is 2. The average molecular weight is 386 g/mol. The van der Waals surface area contributed by atoms with Gasteiger partial charge in [-0.05, 0) is 56.7 Å². The van der Waals surface area contributed by atoms with Gasteiger partial charge >= 0.3 is 0 Å². The third-order valence-electron chi connectivity index (χ3n) is 5.31. The van der Waals surface area contributed by atoms with E-state index in [4.69, 9.17) is 4.74 Å². The van der Waals surface area contributed by atoms with Crippen LogP contribution in [0.1, 0.15) is 53.1 Å². The topological polar surface area (TPSA) is 54.5 Å². The van der Waals surface area contributed by atoms with Crippen molar-refractivity contribution in [2.45, 2.75) is 58.3 Å². The monoisotopic (exact) mass is 385 g/mol. The minimum atomic E-state index is 0.0364. The van der Waals surface area contributed by atoms with Crippen LogP contribution in [0.2, 0.25) is 0 Å². The second-order valence-electron chi connectivity index (χ2n) is 7.63. The molecule has 0 bridgehead atoms. The van der Waals surface area contributed by atoms with Crippen LogP contribution in [0.3, 0.4) is 0 Å². The number of aryl methyl sites for hydroxylation is 1. The lowest BCUT2D eigenvalue weighted by atomic mass is 9.95. The Balaban J connectivity index is 1.36. The van der Waals surface area contributed by atoms with Crippen LogP contribution in [-0.2, 0) is 24.1 Å². The summed E-state index contributed by atoms with van der Waals surface area (Å²) in [5.41, 5.74) is 3.16. The zero-order valence-electron chi connectivity index (χ0n) is 16.0. The van der Waals surface area contributed by atoms with E-state index in [1.807, 2.05) is 17.6 Å². The van der Waals surface area contributed by atoms with E-state index in [9.17, 15) is 4.79 Å². The van der Waals surface area contributed by atoms with Gasteiger partial charge in [-0.15, -0.1) is 11.3 Å². The summed E-state index contributed by atoms with van der Waals surface area (Å²) in [5.74, 6) is 1.01. The van der Waals surface area contributed by atoms with E-state index in [-0.39, 0.29) is 18.1 Å². The molecule has 4 rings (SSSR count). The molecule has 0 aromatic carbocycles. The van der Waals surface area contributed by atoms with Crippen molar-refractivity contribution in [1.82, 2.24) is 10.3 Å². The highest BCUT2D eigenvalue weighted by Gasteiger charge is 2.23. The summed E-state index contributed by atoms with van der Waals surface area (Å²) in [6.07, 6.45) is 6.88. The molecule has 2 aliphatic rings. The second kappa shape index (κ2) is 7.98. The van der Waals surface area contributed by atoms with Crippen molar-refractivity contribution in [3.63, 3.8) is 0 Å². The summed E-state index contributed by atoms with van der Waals surface area (Å²) in [6.45, 7) is 6.41. The molecule has 0 spiro atoms. The number of aromatic nitrogens is 1. The molecule has 1 saturated heterocycles. The standard InChI is InChI=1S/C21H27N3O2S/c1-14-11-24(12-15(2)26-14)20-8-7-16(9-22-20)10-23-21(25)18-13-27-19-6-4-3-5-17(18)19/h7-9,13-15H,3-6,10-12H2,1-2H3,(H,23,25). The number of hydrogen-bond donors (Lipinski definition) is 1. The SMILES string of the molecule is CC1CN(c2ccc(CNC(=O)c3csc4c3CCCC4)cn2)CC(C)O1. The number of thiophene rings is 1. The summed E-state index contributed by atoms with van der Waals surface area (Å²) in [5, 5.41) is 5.08. The van der Waals surface area contributed by atoms with Gasteiger partial charge in [-0.2, -0.15) is 0 Å². The maximum Gasteiger partial charge on any atom is 0.252 e. The van der Waals surface area contributed by atoms with Crippen LogP contribution in [0, 0.1) is 0 Å². The predicted molar refractivity (Wildman–Crippen MR) is 109 cm³/mol. The molecule has 2 unspecified atom stereocenters. The smallest absolute Gasteiger partial charge is 0.252 e. The first-order valence-corrected chi connectivity index (χ1v) is 10.7. The number of ether oxygens (including phenoxy) is 1. The van der Waals surface area contributed by atoms with Crippen molar-refractivity contribution in [2.75, 3.05) is 18.0 Å². The molecule has 0 radical (unpaired) electrons. The fraction of sp³-hybridized carbons (Fsp3) is 0.524. The highest BCUT2D eigenvalue weighted by molar-refractivity contribution is 7.10. The highest BCUT2D eigenvalue weighted by atomic mass is 32.1. The number of hydrogen-bond acceptors (Lipinski definition) is 5. The Hall–Kier alpha value is -1.92. The molecule has 1 aliphatic carbocycles. The third-order valence-corrected chi connectivity index (χ3v) is 6.40. The quantitative estimate of drug-likeness (QED) is 0.874. The molecule has 6 heteroatoms. The van der Waals surface area contributed by atoms with Crippen LogP contribution in [0.4, 0.5) is 5.82 Å². The largest absolute Gasteiger partial charge is 0.372 e. The van der Waals surface area contributed by atoms with Gasteiger partial charge in [0.1, 0.15) is 5.82 Å². The fourth-order valence-corrected chi connectivity index (χ4v) is 5.16. The molecule has 2 aromatic rings. The number of fused-ring (bicyclic) bond motifs is 1. The van der Waals surface area contributed by atoms with Crippen molar-refractivity contribution in [3.8, 4) is 0 Å². The number of rotatable bonds is 4. The number of amides is 1. The average Bonchev–Trinajstić information content (AvgIpc) is 3.10. The first-order valence-electron chi connectivity index (χ1n) is 9.83. The lowest BCUT2D eigenvalue weighted by molar-refractivity contribution is -0.00546. The van der Waals surface area contributed by atoms with Crippen molar-refractivity contribution >= 4 is 23.1 Å². The molecule has 1 N–H and O–H groups in total. The van der Waals surface area contributed by atoms with Crippen molar-refractivity contribution in [3.05, 3.63) is 45.3 Å². The van der Waals surface area contributed by atoms with Gasteiger partial charge in [0.25, 0.3) is 5.91 Å².